The zero-order chi connectivity index (χ0) is 15.7. The van der Waals surface area contributed by atoms with Gasteiger partial charge in [0, 0.05) is 6.07 Å². The van der Waals surface area contributed by atoms with Gasteiger partial charge in [0.15, 0.2) is 0 Å². The van der Waals surface area contributed by atoms with Crippen molar-refractivity contribution >= 4 is 0 Å². The highest BCUT2D eigenvalue weighted by molar-refractivity contribution is 5.62. The van der Waals surface area contributed by atoms with Crippen LogP contribution >= 0.6 is 0 Å². The highest BCUT2D eigenvalue weighted by Gasteiger charge is 2.16. The second kappa shape index (κ2) is 5.60. The lowest BCUT2D eigenvalue weighted by Gasteiger charge is -2.15. The van der Waals surface area contributed by atoms with Crippen molar-refractivity contribution in [1.82, 2.24) is 14.9 Å². The van der Waals surface area contributed by atoms with Crippen LogP contribution in [-0.4, -0.2) is 14.9 Å². The molecule has 0 unspecified atom stereocenters. The largest absolute Gasteiger partial charge is 0.361 e. The second-order valence-electron chi connectivity index (χ2n) is 5.29. The average molecular weight is 295 g/mol. The highest BCUT2D eigenvalue weighted by atomic mass is 16.5. The Morgan fingerprint density at radius 2 is 1.82 bits per heavy atom. The van der Waals surface area contributed by atoms with E-state index < -0.39 is 0 Å². The zero-order valence-corrected chi connectivity index (χ0v) is 12.8. The van der Waals surface area contributed by atoms with Crippen molar-refractivity contribution in [3.63, 3.8) is 0 Å². The van der Waals surface area contributed by atoms with Crippen LogP contribution in [0.5, 0.6) is 0 Å². The first kappa shape index (κ1) is 14.3. The molecule has 1 aromatic carbocycles. The molecule has 0 bridgehead atoms. The van der Waals surface area contributed by atoms with Crippen LogP contribution in [-0.2, 0) is 0 Å². The lowest BCUT2D eigenvalue weighted by molar-refractivity contribution is 0.393. The third-order valence-electron chi connectivity index (χ3n) is 3.76. The van der Waals surface area contributed by atoms with Gasteiger partial charge in [0.05, 0.1) is 23.0 Å². The molecule has 0 N–H and O–H groups in total. The van der Waals surface area contributed by atoms with Gasteiger partial charge in [0.2, 0.25) is 0 Å². The summed E-state index contributed by atoms with van der Waals surface area (Å²) in [6.07, 6.45) is 0. The van der Waals surface area contributed by atoms with E-state index in [0.29, 0.717) is 11.5 Å². The van der Waals surface area contributed by atoms with E-state index in [9.17, 15) is 4.79 Å². The zero-order valence-electron chi connectivity index (χ0n) is 12.8. The average Bonchev–Trinajstić information content (AvgIpc) is 2.87. The van der Waals surface area contributed by atoms with Gasteiger partial charge in [-0.15, -0.1) is 0 Å². The SMILES string of the molecule is Cc1noc(C)c1-c1ccc(=O)n([C@H](C)c2ccccc2)n1. The summed E-state index contributed by atoms with van der Waals surface area (Å²) < 4.78 is 6.68. The first-order valence-electron chi connectivity index (χ1n) is 7.16. The number of aromatic nitrogens is 3. The third kappa shape index (κ3) is 2.45. The summed E-state index contributed by atoms with van der Waals surface area (Å²) in [7, 11) is 0. The third-order valence-corrected chi connectivity index (χ3v) is 3.76. The minimum absolute atomic E-state index is 0.133. The van der Waals surface area contributed by atoms with Crippen LogP contribution in [0.15, 0.2) is 51.8 Å². The van der Waals surface area contributed by atoms with E-state index >= 15 is 0 Å². The number of hydrogen-bond donors (Lipinski definition) is 0. The number of nitrogens with zero attached hydrogens (tertiary/aromatic N) is 3. The van der Waals surface area contributed by atoms with Gasteiger partial charge < -0.3 is 4.52 Å². The molecule has 0 aliphatic rings. The van der Waals surface area contributed by atoms with E-state index in [1.165, 1.54) is 10.7 Å². The topological polar surface area (TPSA) is 60.9 Å². The van der Waals surface area contributed by atoms with Crippen LogP contribution < -0.4 is 5.56 Å². The van der Waals surface area contributed by atoms with Crippen molar-refractivity contribution in [2.45, 2.75) is 26.8 Å². The normalized spacial score (nSPS) is 12.3. The van der Waals surface area contributed by atoms with Gasteiger partial charge in [0.25, 0.3) is 5.56 Å². The molecule has 1 atom stereocenters. The molecule has 3 aromatic rings. The maximum absolute atomic E-state index is 12.2. The standard InChI is InChI=1S/C17H17N3O2/c1-11-17(13(3)22-19-11)15-9-10-16(21)20(18-15)12(2)14-7-5-4-6-8-14/h4-10,12H,1-3H3/t12-/m1/s1. The summed E-state index contributed by atoms with van der Waals surface area (Å²) in [4.78, 5) is 12.2. The molecular weight excluding hydrogens is 278 g/mol. The number of aryl methyl sites for hydroxylation is 2. The maximum Gasteiger partial charge on any atom is 0.267 e. The van der Waals surface area contributed by atoms with Gasteiger partial charge >= 0.3 is 0 Å². The molecule has 0 fully saturated rings. The van der Waals surface area contributed by atoms with E-state index in [1.54, 1.807) is 6.07 Å². The van der Waals surface area contributed by atoms with Gasteiger partial charge in [-0.2, -0.15) is 5.10 Å². The van der Waals surface area contributed by atoms with E-state index in [0.717, 1.165) is 16.8 Å². The van der Waals surface area contributed by atoms with E-state index in [1.807, 2.05) is 51.1 Å². The van der Waals surface area contributed by atoms with Gasteiger partial charge in [-0.1, -0.05) is 35.5 Å². The first-order valence-corrected chi connectivity index (χ1v) is 7.16. The van der Waals surface area contributed by atoms with Gasteiger partial charge in [-0.05, 0) is 32.4 Å². The van der Waals surface area contributed by atoms with Crippen LogP contribution in [0.2, 0.25) is 0 Å². The molecule has 0 spiro atoms. The summed E-state index contributed by atoms with van der Waals surface area (Å²) in [5.74, 6) is 0.697. The predicted octanol–water partition coefficient (Wildman–Crippen LogP) is 3.12. The fourth-order valence-electron chi connectivity index (χ4n) is 2.56. The Morgan fingerprint density at radius 3 is 2.45 bits per heavy atom. The molecule has 2 aromatic heterocycles. The number of rotatable bonds is 3. The predicted molar refractivity (Wildman–Crippen MR) is 83.7 cm³/mol. The van der Waals surface area contributed by atoms with Gasteiger partial charge in [-0.3, -0.25) is 4.79 Å². The molecule has 0 saturated carbocycles. The van der Waals surface area contributed by atoms with Crippen molar-refractivity contribution in [2.24, 2.45) is 0 Å². The van der Waals surface area contributed by atoms with Crippen molar-refractivity contribution in [2.75, 3.05) is 0 Å². The Balaban J connectivity index is 2.10. The van der Waals surface area contributed by atoms with Crippen molar-refractivity contribution < 1.29 is 4.52 Å². The Hall–Kier alpha value is -2.69. The summed E-state index contributed by atoms with van der Waals surface area (Å²) in [5.41, 5.74) is 3.20. The minimum Gasteiger partial charge on any atom is -0.361 e. The van der Waals surface area contributed by atoms with Crippen LogP contribution in [0.4, 0.5) is 0 Å². The van der Waals surface area contributed by atoms with Crippen LogP contribution in [0.1, 0.15) is 30.0 Å². The molecule has 0 saturated heterocycles. The molecule has 5 nitrogen and oxygen atoms in total. The van der Waals surface area contributed by atoms with Crippen LogP contribution in [0.25, 0.3) is 11.3 Å². The van der Waals surface area contributed by atoms with Crippen LogP contribution in [0, 0.1) is 13.8 Å². The van der Waals surface area contributed by atoms with Gasteiger partial charge in [-0.25, -0.2) is 4.68 Å². The van der Waals surface area contributed by atoms with E-state index in [2.05, 4.69) is 10.3 Å². The quantitative estimate of drug-likeness (QED) is 0.745. The van der Waals surface area contributed by atoms with Crippen molar-refractivity contribution in [1.29, 1.82) is 0 Å². The molecule has 0 radical (unpaired) electrons. The number of benzene rings is 1. The summed E-state index contributed by atoms with van der Waals surface area (Å²) in [6.45, 7) is 5.66. The highest BCUT2D eigenvalue weighted by Crippen LogP contribution is 2.25. The Morgan fingerprint density at radius 1 is 1.09 bits per heavy atom. The number of hydrogen-bond acceptors (Lipinski definition) is 4. The molecular formula is C17H17N3O2. The molecule has 0 aliphatic heterocycles. The van der Waals surface area contributed by atoms with E-state index in [4.69, 9.17) is 4.52 Å². The molecule has 22 heavy (non-hydrogen) atoms. The lowest BCUT2D eigenvalue weighted by Crippen LogP contribution is -2.26. The molecule has 5 heteroatoms. The molecule has 0 amide bonds. The minimum atomic E-state index is -0.144. The maximum atomic E-state index is 12.2. The Bertz CT molecular complexity index is 830. The Kier molecular flexibility index (Phi) is 3.63. The summed E-state index contributed by atoms with van der Waals surface area (Å²) in [5, 5.41) is 8.46. The first-order chi connectivity index (χ1) is 10.6. The van der Waals surface area contributed by atoms with Crippen molar-refractivity contribution in [3.05, 3.63) is 69.8 Å². The van der Waals surface area contributed by atoms with Gasteiger partial charge in [0.1, 0.15) is 5.76 Å². The summed E-state index contributed by atoms with van der Waals surface area (Å²) >= 11 is 0. The lowest BCUT2D eigenvalue weighted by atomic mass is 10.1. The van der Waals surface area contributed by atoms with E-state index in [-0.39, 0.29) is 11.6 Å². The Labute approximate surface area is 128 Å². The fraction of sp³-hybridized carbons (Fsp3) is 0.235. The molecule has 112 valence electrons. The molecule has 0 aliphatic carbocycles. The van der Waals surface area contributed by atoms with Crippen LogP contribution in [0.3, 0.4) is 0 Å². The van der Waals surface area contributed by atoms with Crippen molar-refractivity contribution in [3.8, 4) is 11.3 Å². The smallest absolute Gasteiger partial charge is 0.267 e. The monoisotopic (exact) mass is 295 g/mol. The molecule has 3 rings (SSSR count). The molecule has 2 heterocycles. The summed E-state index contributed by atoms with van der Waals surface area (Å²) in [6, 6.07) is 12.9. The fourth-order valence-corrected chi connectivity index (χ4v) is 2.56. The second-order valence-corrected chi connectivity index (χ2v) is 5.29.